The third kappa shape index (κ3) is 3.49. The Morgan fingerprint density at radius 2 is 2.00 bits per heavy atom. The zero-order valence-corrected chi connectivity index (χ0v) is 10.5. The summed E-state index contributed by atoms with van der Waals surface area (Å²) < 4.78 is 49.3. The van der Waals surface area contributed by atoms with E-state index in [2.05, 4.69) is 4.72 Å². The highest BCUT2D eigenvalue weighted by atomic mass is 32.2. The molecule has 5 nitrogen and oxygen atoms in total. The molecule has 0 radical (unpaired) electrons. The lowest BCUT2D eigenvalue weighted by molar-refractivity contribution is -0.0846. The van der Waals surface area contributed by atoms with Gasteiger partial charge >= 0.3 is 0 Å². The molecular weight excluding hydrogens is 261 g/mol. The van der Waals surface area contributed by atoms with Crippen LogP contribution >= 0.6 is 0 Å². The summed E-state index contributed by atoms with van der Waals surface area (Å²) in [6, 6.07) is 4.65. The fourth-order valence-electron chi connectivity index (χ4n) is 1.55. The molecule has 1 fully saturated rings. The molecule has 7 heteroatoms. The fourth-order valence-corrected chi connectivity index (χ4v) is 2.62. The molecule has 1 unspecified atom stereocenters. The lowest BCUT2D eigenvalue weighted by Crippen LogP contribution is -2.39. The monoisotopic (exact) mass is 275 g/mol. The molecule has 18 heavy (non-hydrogen) atoms. The molecule has 1 aliphatic rings. The number of ether oxygens (including phenoxy) is 2. The number of halogens is 1. The van der Waals surface area contributed by atoms with Gasteiger partial charge < -0.3 is 9.47 Å². The van der Waals surface area contributed by atoms with Crippen LogP contribution in [0.1, 0.15) is 0 Å². The number of benzene rings is 1. The van der Waals surface area contributed by atoms with Crippen LogP contribution in [-0.4, -0.2) is 40.9 Å². The van der Waals surface area contributed by atoms with Crippen LogP contribution in [0.15, 0.2) is 29.2 Å². The number of sulfonamides is 1. The molecule has 1 aromatic rings. The van der Waals surface area contributed by atoms with Gasteiger partial charge in [-0.15, -0.1) is 0 Å². The predicted octanol–water partition coefficient (Wildman–Crippen LogP) is 0.519. The Hall–Kier alpha value is -1.02. The Labute approximate surface area is 105 Å². The standard InChI is InChI=1S/C11H14FNO4S/c12-9-1-3-11(4-2-9)18(14,15)13-7-10-8-16-5-6-17-10/h1-4,10,13H,5-8H2. The molecule has 0 bridgehead atoms. The van der Waals surface area contributed by atoms with Crippen molar-refractivity contribution in [3.05, 3.63) is 30.1 Å². The highest BCUT2D eigenvalue weighted by Crippen LogP contribution is 2.10. The van der Waals surface area contributed by atoms with Gasteiger partial charge in [0.15, 0.2) is 0 Å². The maximum atomic E-state index is 12.7. The van der Waals surface area contributed by atoms with E-state index in [4.69, 9.17) is 9.47 Å². The molecule has 1 saturated heterocycles. The largest absolute Gasteiger partial charge is 0.376 e. The van der Waals surface area contributed by atoms with E-state index in [-0.39, 0.29) is 17.5 Å². The van der Waals surface area contributed by atoms with Crippen LogP contribution in [-0.2, 0) is 19.5 Å². The summed E-state index contributed by atoms with van der Waals surface area (Å²) in [6.07, 6.45) is -0.283. The summed E-state index contributed by atoms with van der Waals surface area (Å²) in [4.78, 5) is 0.0284. The highest BCUT2D eigenvalue weighted by Gasteiger charge is 2.19. The van der Waals surface area contributed by atoms with Gasteiger partial charge in [-0.05, 0) is 24.3 Å². The van der Waals surface area contributed by atoms with Crippen molar-refractivity contribution in [2.75, 3.05) is 26.4 Å². The van der Waals surface area contributed by atoms with Gasteiger partial charge in [0, 0.05) is 6.54 Å². The maximum absolute atomic E-state index is 12.7. The molecule has 0 amide bonds. The summed E-state index contributed by atoms with van der Waals surface area (Å²) in [5, 5.41) is 0. The van der Waals surface area contributed by atoms with Crippen LogP contribution in [0, 0.1) is 5.82 Å². The van der Waals surface area contributed by atoms with Crippen LogP contribution in [0.3, 0.4) is 0 Å². The van der Waals surface area contributed by atoms with Crippen molar-refractivity contribution >= 4 is 10.0 Å². The molecular formula is C11H14FNO4S. The lowest BCUT2D eigenvalue weighted by atomic mass is 10.3. The van der Waals surface area contributed by atoms with Crippen molar-refractivity contribution in [2.24, 2.45) is 0 Å². The van der Waals surface area contributed by atoms with E-state index in [1.807, 2.05) is 0 Å². The maximum Gasteiger partial charge on any atom is 0.240 e. The Balaban J connectivity index is 1.96. The molecule has 1 atom stereocenters. The predicted molar refractivity (Wildman–Crippen MR) is 62.1 cm³/mol. The van der Waals surface area contributed by atoms with Crippen molar-refractivity contribution in [2.45, 2.75) is 11.0 Å². The summed E-state index contributed by atoms with van der Waals surface area (Å²) >= 11 is 0. The molecule has 0 aromatic heterocycles. The minimum Gasteiger partial charge on any atom is -0.376 e. The van der Waals surface area contributed by atoms with E-state index in [0.29, 0.717) is 19.8 Å². The van der Waals surface area contributed by atoms with E-state index < -0.39 is 15.8 Å². The molecule has 1 aliphatic heterocycles. The third-order valence-corrected chi connectivity index (χ3v) is 3.95. The Morgan fingerprint density at radius 3 is 2.61 bits per heavy atom. The van der Waals surface area contributed by atoms with Gasteiger partial charge in [-0.1, -0.05) is 0 Å². The highest BCUT2D eigenvalue weighted by molar-refractivity contribution is 7.89. The number of hydrogen-bond donors (Lipinski definition) is 1. The van der Waals surface area contributed by atoms with Gasteiger partial charge in [-0.3, -0.25) is 0 Å². The van der Waals surface area contributed by atoms with E-state index in [1.165, 1.54) is 12.1 Å². The topological polar surface area (TPSA) is 64.6 Å². The van der Waals surface area contributed by atoms with Gasteiger partial charge in [-0.25, -0.2) is 17.5 Å². The Bertz CT molecular complexity index is 482. The van der Waals surface area contributed by atoms with Crippen LogP contribution in [0.4, 0.5) is 4.39 Å². The van der Waals surface area contributed by atoms with Gasteiger partial charge in [0.25, 0.3) is 0 Å². The number of hydrogen-bond acceptors (Lipinski definition) is 4. The molecule has 1 N–H and O–H groups in total. The third-order valence-electron chi connectivity index (χ3n) is 2.51. The van der Waals surface area contributed by atoms with Gasteiger partial charge in [-0.2, -0.15) is 0 Å². The van der Waals surface area contributed by atoms with Gasteiger partial charge in [0.2, 0.25) is 10.0 Å². The molecule has 1 heterocycles. The normalized spacial score (nSPS) is 20.8. The molecule has 1 aromatic carbocycles. The smallest absolute Gasteiger partial charge is 0.240 e. The second kappa shape index (κ2) is 5.75. The quantitative estimate of drug-likeness (QED) is 0.870. The number of rotatable bonds is 4. The lowest BCUT2D eigenvalue weighted by Gasteiger charge is -2.23. The first-order chi connectivity index (χ1) is 8.58. The summed E-state index contributed by atoms with van der Waals surface area (Å²) in [7, 11) is -3.63. The van der Waals surface area contributed by atoms with Crippen molar-refractivity contribution in [3.8, 4) is 0 Å². The minimum absolute atomic E-state index is 0.0284. The van der Waals surface area contributed by atoms with E-state index in [9.17, 15) is 12.8 Å². The Kier molecular flexibility index (Phi) is 4.28. The molecule has 2 rings (SSSR count). The van der Waals surface area contributed by atoms with Crippen LogP contribution < -0.4 is 4.72 Å². The minimum atomic E-state index is -3.63. The van der Waals surface area contributed by atoms with Gasteiger partial charge in [0.05, 0.1) is 30.8 Å². The second-order valence-electron chi connectivity index (χ2n) is 3.87. The second-order valence-corrected chi connectivity index (χ2v) is 5.64. The molecule has 0 spiro atoms. The van der Waals surface area contributed by atoms with Crippen molar-refractivity contribution < 1.29 is 22.3 Å². The number of nitrogens with one attached hydrogen (secondary N) is 1. The van der Waals surface area contributed by atoms with Crippen LogP contribution in [0.25, 0.3) is 0 Å². The first-order valence-corrected chi connectivity index (χ1v) is 7.01. The average Bonchev–Trinajstić information content (AvgIpc) is 2.38. The first kappa shape index (κ1) is 13.4. The van der Waals surface area contributed by atoms with E-state index >= 15 is 0 Å². The summed E-state index contributed by atoms with van der Waals surface area (Å²) in [5.41, 5.74) is 0. The molecule has 0 saturated carbocycles. The summed E-state index contributed by atoms with van der Waals surface area (Å²) in [5.74, 6) is -0.474. The zero-order valence-electron chi connectivity index (χ0n) is 9.63. The molecule has 0 aliphatic carbocycles. The van der Waals surface area contributed by atoms with E-state index in [1.54, 1.807) is 0 Å². The van der Waals surface area contributed by atoms with Crippen molar-refractivity contribution in [1.29, 1.82) is 0 Å². The zero-order chi connectivity index (χ0) is 13.0. The van der Waals surface area contributed by atoms with Crippen molar-refractivity contribution in [1.82, 2.24) is 4.72 Å². The van der Waals surface area contributed by atoms with Crippen LogP contribution in [0.5, 0.6) is 0 Å². The SMILES string of the molecule is O=S(=O)(NCC1COCCO1)c1ccc(F)cc1. The Morgan fingerprint density at radius 1 is 1.28 bits per heavy atom. The first-order valence-electron chi connectivity index (χ1n) is 5.52. The average molecular weight is 275 g/mol. The van der Waals surface area contributed by atoms with Crippen LogP contribution in [0.2, 0.25) is 0 Å². The van der Waals surface area contributed by atoms with Crippen molar-refractivity contribution in [3.63, 3.8) is 0 Å². The summed E-state index contributed by atoms with van der Waals surface area (Å²) in [6.45, 7) is 1.50. The fraction of sp³-hybridized carbons (Fsp3) is 0.455. The van der Waals surface area contributed by atoms with E-state index in [0.717, 1.165) is 12.1 Å². The van der Waals surface area contributed by atoms with Gasteiger partial charge in [0.1, 0.15) is 5.82 Å². The molecule has 100 valence electrons.